The van der Waals surface area contributed by atoms with Gasteiger partial charge in [0.1, 0.15) is 5.82 Å². The van der Waals surface area contributed by atoms with E-state index < -0.39 is 5.92 Å². The van der Waals surface area contributed by atoms with Crippen LogP contribution in [0.4, 0.5) is 5.69 Å². The third-order valence-electron chi connectivity index (χ3n) is 6.55. The molecule has 5 rings (SSSR count). The van der Waals surface area contributed by atoms with E-state index in [4.69, 9.17) is 5.73 Å². The van der Waals surface area contributed by atoms with Gasteiger partial charge in [-0.05, 0) is 52.2 Å². The fourth-order valence-corrected chi connectivity index (χ4v) is 6.78. The Balaban J connectivity index is 1.83. The molecule has 0 amide bonds. The Morgan fingerprint density at radius 1 is 1.18 bits per heavy atom. The monoisotopic (exact) mass is 517 g/mol. The highest BCUT2D eigenvalue weighted by molar-refractivity contribution is 9.10. The molecule has 2 aromatic carbocycles. The van der Waals surface area contributed by atoms with E-state index >= 15 is 0 Å². The van der Waals surface area contributed by atoms with Gasteiger partial charge in [0.2, 0.25) is 0 Å². The number of aryl methyl sites for hydroxylation is 1. The number of nitrogens with two attached hydrogens (primary N) is 1. The van der Waals surface area contributed by atoms with E-state index in [1.54, 1.807) is 11.3 Å². The average Bonchev–Trinajstić information content (AvgIpc) is 3.10. The van der Waals surface area contributed by atoms with Crippen molar-refractivity contribution >= 4 is 49.5 Å². The van der Waals surface area contributed by atoms with E-state index in [0.717, 1.165) is 36.4 Å². The lowest BCUT2D eigenvalue weighted by atomic mass is 9.69. The number of rotatable bonds is 2. The van der Waals surface area contributed by atoms with E-state index in [1.165, 1.54) is 0 Å². The van der Waals surface area contributed by atoms with Gasteiger partial charge in [0, 0.05) is 37.3 Å². The van der Waals surface area contributed by atoms with Gasteiger partial charge >= 0.3 is 0 Å². The molecule has 2 heterocycles. The summed E-state index contributed by atoms with van der Waals surface area (Å²) < 4.78 is 0.987. The van der Waals surface area contributed by atoms with Gasteiger partial charge in [-0.15, -0.1) is 11.3 Å². The second kappa shape index (κ2) is 7.86. The van der Waals surface area contributed by atoms with Gasteiger partial charge in [0.05, 0.1) is 23.2 Å². The Bertz CT molecular complexity index is 1400. The Kier molecular flexibility index (Phi) is 5.23. The number of allylic oxidation sites excluding steroid dienone is 3. The van der Waals surface area contributed by atoms with Crippen molar-refractivity contribution in [3.05, 3.63) is 85.4 Å². The first kappa shape index (κ1) is 21.9. The van der Waals surface area contributed by atoms with Crippen LogP contribution in [0.15, 0.2) is 75.7 Å². The Morgan fingerprint density at radius 2 is 1.91 bits per heavy atom. The maximum Gasteiger partial charge on any atom is 0.162 e. The molecule has 0 fully saturated rings. The highest BCUT2D eigenvalue weighted by Crippen LogP contribution is 2.52. The van der Waals surface area contributed by atoms with Gasteiger partial charge in [-0.2, -0.15) is 5.26 Å². The minimum absolute atomic E-state index is 0.0962. The van der Waals surface area contributed by atoms with Crippen LogP contribution in [0.3, 0.4) is 0 Å². The molecule has 1 aliphatic carbocycles. The van der Waals surface area contributed by atoms with Crippen LogP contribution in [0, 0.1) is 23.7 Å². The summed E-state index contributed by atoms with van der Waals surface area (Å²) in [6.07, 6.45) is 1.16. The maximum atomic E-state index is 13.7. The quantitative estimate of drug-likeness (QED) is 0.400. The molecule has 0 bridgehead atoms. The number of Topliss-reactive ketones (excluding diaryl/α,β-unsaturated/α-hetero) is 1. The highest BCUT2D eigenvalue weighted by atomic mass is 79.9. The maximum absolute atomic E-state index is 13.7. The van der Waals surface area contributed by atoms with Gasteiger partial charge < -0.3 is 5.73 Å². The molecule has 6 heteroatoms. The minimum Gasteiger partial charge on any atom is -0.384 e. The molecular weight excluding hydrogens is 494 g/mol. The van der Waals surface area contributed by atoms with E-state index in [0.29, 0.717) is 29.8 Å². The van der Waals surface area contributed by atoms with Crippen LogP contribution in [-0.2, 0) is 4.79 Å². The van der Waals surface area contributed by atoms with Crippen LogP contribution in [0.1, 0.15) is 42.4 Å². The van der Waals surface area contributed by atoms with E-state index in [2.05, 4.69) is 54.0 Å². The molecule has 1 aliphatic heterocycles. The van der Waals surface area contributed by atoms with Crippen molar-refractivity contribution < 1.29 is 4.79 Å². The lowest BCUT2D eigenvalue weighted by molar-refractivity contribution is -0.118. The van der Waals surface area contributed by atoms with Crippen LogP contribution < -0.4 is 10.6 Å². The molecule has 33 heavy (non-hydrogen) atoms. The fourth-order valence-electron chi connectivity index (χ4n) is 5.10. The fraction of sp³-hybridized carbons (Fsp3) is 0.259. The van der Waals surface area contributed by atoms with Crippen molar-refractivity contribution in [3.8, 4) is 6.07 Å². The number of hydrogen-bond acceptors (Lipinski definition) is 5. The highest BCUT2D eigenvalue weighted by Gasteiger charge is 2.45. The number of halogens is 1. The molecule has 3 aromatic rings. The molecule has 2 aliphatic rings. The van der Waals surface area contributed by atoms with E-state index in [9.17, 15) is 10.1 Å². The molecule has 4 nitrogen and oxygen atoms in total. The molecule has 2 N–H and O–H groups in total. The second-order valence-electron chi connectivity index (χ2n) is 9.53. The minimum atomic E-state index is -0.435. The first-order chi connectivity index (χ1) is 15.7. The van der Waals surface area contributed by atoms with Gasteiger partial charge in [-0.25, -0.2) is 0 Å². The van der Waals surface area contributed by atoms with Gasteiger partial charge in [-0.1, -0.05) is 50.2 Å². The molecule has 1 atom stereocenters. The number of thiophene rings is 1. The topological polar surface area (TPSA) is 70.1 Å². The molecular formula is C27H24BrN3OS. The summed E-state index contributed by atoms with van der Waals surface area (Å²) in [6, 6.07) is 18.6. The first-order valence-corrected chi connectivity index (χ1v) is 12.5. The average molecular weight is 518 g/mol. The SMILES string of the molecule is Cc1sc(C2C(C#N)=C(N)N(c3cccc4ccccc34)C3=C2C(=O)CC(C)(C)C3)cc1Br. The summed E-state index contributed by atoms with van der Waals surface area (Å²) >= 11 is 5.21. The van der Waals surface area contributed by atoms with Crippen LogP contribution in [0.25, 0.3) is 10.8 Å². The normalized spacial score (nSPS) is 20.3. The Labute approximate surface area is 206 Å². The number of nitrogens with zero attached hydrogens (tertiary/aromatic N) is 2. The number of carbonyl (C=O) groups is 1. The lowest BCUT2D eigenvalue weighted by Crippen LogP contribution is -2.42. The van der Waals surface area contributed by atoms with Crippen molar-refractivity contribution in [2.24, 2.45) is 11.1 Å². The zero-order chi connectivity index (χ0) is 23.5. The summed E-state index contributed by atoms with van der Waals surface area (Å²) in [5.74, 6) is 0.0685. The Hall–Kier alpha value is -2.88. The van der Waals surface area contributed by atoms with E-state index in [-0.39, 0.29) is 11.2 Å². The zero-order valence-electron chi connectivity index (χ0n) is 18.8. The number of benzene rings is 2. The number of carbonyl (C=O) groups excluding carboxylic acids is 1. The number of ketones is 1. The van der Waals surface area contributed by atoms with Crippen molar-refractivity contribution in [1.82, 2.24) is 0 Å². The van der Waals surface area contributed by atoms with Crippen LogP contribution >= 0.6 is 27.3 Å². The van der Waals surface area contributed by atoms with Crippen LogP contribution in [0.5, 0.6) is 0 Å². The molecule has 1 aromatic heterocycles. The smallest absolute Gasteiger partial charge is 0.162 e. The largest absolute Gasteiger partial charge is 0.384 e. The third-order valence-corrected chi connectivity index (χ3v) is 8.75. The predicted molar refractivity (Wildman–Crippen MR) is 138 cm³/mol. The standard InChI is InChI=1S/C27H24BrN3OS/c1-15-19(28)11-23(33-15)24-18(14-29)26(30)31(21-12-27(2,3)13-22(32)25(21)24)20-10-6-8-16-7-4-5-9-17(16)20/h4-11,24H,12-13,30H2,1-3H3. The molecule has 0 spiro atoms. The molecule has 0 saturated heterocycles. The molecule has 166 valence electrons. The summed E-state index contributed by atoms with van der Waals surface area (Å²) in [4.78, 5) is 17.7. The third kappa shape index (κ3) is 3.51. The zero-order valence-corrected chi connectivity index (χ0v) is 21.2. The molecule has 1 unspecified atom stereocenters. The summed E-state index contributed by atoms with van der Waals surface area (Å²) in [7, 11) is 0. The van der Waals surface area contributed by atoms with Crippen molar-refractivity contribution in [2.45, 2.75) is 39.5 Å². The van der Waals surface area contributed by atoms with Crippen LogP contribution in [0.2, 0.25) is 0 Å². The van der Waals surface area contributed by atoms with Gasteiger partial charge in [0.15, 0.2) is 5.78 Å². The number of hydrogen-bond donors (Lipinski definition) is 1. The number of anilines is 1. The van der Waals surface area contributed by atoms with Crippen LogP contribution in [-0.4, -0.2) is 5.78 Å². The number of nitriles is 1. The van der Waals surface area contributed by atoms with Crippen molar-refractivity contribution in [3.63, 3.8) is 0 Å². The Morgan fingerprint density at radius 3 is 2.61 bits per heavy atom. The molecule has 0 saturated carbocycles. The predicted octanol–water partition coefficient (Wildman–Crippen LogP) is 6.91. The summed E-state index contributed by atoms with van der Waals surface area (Å²) in [5, 5.41) is 12.4. The first-order valence-electron chi connectivity index (χ1n) is 10.9. The van der Waals surface area contributed by atoms with Crippen molar-refractivity contribution in [1.29, 1.82) is 5.26 Å². The number of fused-ring (bicyclic) bond motifs is 1. The summed E-state index contributed by atoms with van der Waals surface area (Å²) in [6.45, 7) is 6.27. The van der Waals surface area contributed by atoms with Gasteiger partial charge in [-0.3, -0.25) is 9.69 Å². The van der Waals surface area contributed by atoms with E-state index in [1.807, 2.05) is 42.2 Å². The molecule has 0 radical (unpaired) electrons. The second-order valence-corrected chi connectivity index (χ2v) is 11.7. The summed E-state index contributed by atoms with van der Waals surface area (Å²) in [5.41, 5.74) is 9.56. The lowest BCUT2D eigenvalue weighted by Gasteiger charge is -2.43. The van der Waals surface area contributed by atoms with Crippen molar-refractivity contribution in [2.75, 3.05) is 4.90 Å². The van der Waals surface area contributed by atoms with Gasteiger partial charge in [0.25, 0.3) is 0 Å².